The molecule has 7 nitrogen and oxygen atoms in total. The molecule has 1 aromatic carbocycles. The first-order chi connectivity index (χ1) is 9.00. The third-order valence-electron chi connectivity index (χ3n) is 2.17. The van der Waals surface area contributed by atoms with E-state index in [1.807, 2.05) is 5.32 Å². The lowest BCUT2D eigenvalue weighted by Gasteiger charge is -2.04. The summed E-state index contributed by atoms with van der Waals surface area (Å²) in [6, 6.07) is 2.52. The molecule has 2 aromatic rings. The number of benzene rings is 1. The van der Waals surface area contributed by atoms with E-state index in [4.69, 9.17) is 0 Å². The van der Waals surface area contributed by atoms with Gasteiger partial charge in [0.25, 0.3) is 5.91 Å². The van der Waals surface area contributed by atoms with Crippen molar-refractivity contribution in [1.29, 1.82) is 0 Å². The first-order valence-corrected chi connectivity index (χ1v) is 4.85. The number of rotatable bonds is 3. The van der Waals surface area contributed by atoms with Crippen LogP contribution in [-0.4, -0.2) is 16.0 Å². The second-order valence-corrected chi connectivity index (χ2v) is 3.35. The molecule has 0 fully saturated rings. The number of anilines is 1. The zero-order valence-electron chi connectivity index (χ0n) is 9.09. The smallest absolute Gasteiger partial charge is 0.305 e. The minimum Gasteiger partial charge on any atom is -0.363 e. The lowest BCUT2D eigenvalue weighted by molar-refractivity contribution is -0.387. The molecule has 1 amide bonds. The van der Waals surface area contributed by atoms with Crippen molar-refractivity contribution in [3.05, 3.63) is 51.8 Å². The Morgan fingerprint density at radius 2 is 2.11 bits per heavy atom. The fourth-order valence-corrected chi connectivity index (χ4v) is 1.35. The average molecular weight is 269 g/mol. The Labute approximate surface area is 104 Å². The second-order valence-electron chi connectivity index (χ2n) is 3.35. The fourth-order valence-electron chi connectivity index (χ4n) is 1.35. The fraction of sp³-hybridized carbons (Fsp3) is 0. The van der Waals surface area contributed by atoms with Crippen molar-refractivity contribution < 1.29 is 23.0 Å². The highest BCUT2D eigenvalue weighted by atomic mass is 19.1. The van der Waals surface area contributed by atoms with Crippen molar-refractivity contribution in [2.24, 2.45) is 0 Å². The summed E-state index contributed by atoms with van der Waals surface area (Å²) in [7, 11) is 0. The van der Waals surface area contributed by atoms with Crippen LogP contribution < -0.4 is 5.32 Å². The van der Waals surface area contributed by atoms with Crippen molar-refractivity contribution in [2.75, 3.05) is 5.32 Å². The van der Waals surface area contributed by atoms with Crippen LogP contribution in [0.4, 0.5) is 20.3 Å². The Morgan fingerprint density at radius 3 is 2.68 bits per heavy atom. The monoisotopic (exact) mass is 269 g/mol. The van der Waals surface area contributed by atoms with Crippen LogP contribution in [0.3, 0.4) is 0 Å². The third kappa shape index (κ3) is 2.39. The Bertz CT molecular complexity index is 642. The minimum atomic E-state index is -1.55. The van der Waals surface area contributed by atoms with E-state index in [1.165, 1.54) is 6.07 Å². The molecule has 1 aromatic heterocycles. The lowest BCUT2D eigenvalue weighted by Crippen LogP contribution is -2.17. The molecule has 0 radical (unpaired) electrons. The zero-order valence-corrected chi connectivity index (χ0v) is 9.09. The van der Waals surface area contributed by atoms with E-state index >= 15 is 0 Å². The molecule has 0 saturated carbocycles. The van der Waals surface area contributed by atoms with Gasteiger partial charge in [-0.2, -0.15) is 4.39 Å². The summed E-state index contributed by atoms with van der Waals surface area (Å²) in [5.41, 5.74) is -2.05. The van der Waals surface area contributed by atoms with Crippen LogP contribution in [0.1, 0.15) is 10.4 Å². The molecule has 9 heteroatoms. The number of amides is 1. The number of hydrogen-bond acceptors (Lipinski definition) is 5. The highest BCUT2D eigenvalue weighted by molar-refractivity contribution is 6.04. The Balaban J connectivity index is 2.41. The van der Waals surface area contributed by atoms with Crippen LogP contribution in [0.25, 0.3) is 0 Å². The van der Waals surface area contributed by atoms with Gasteiger partial charge < -0.3 is 9.84 Å². The van der Waals surface area contributed by atoms with Crippen molar-refractivity contribution >= 4 is 17.4 Å². The van der Waals surface area contributed by atoms with Crippen LogP contribution in [0.5, 0.6) is 0 Å². The summed E-state index contributed by atoms with van der Waals surface area (Å²) in [5.74, 6) is -4.04. The van der Waals surface area contributed by atoms with Gasteiger partial charge in [-0.05, 0) is 6.07 Å². The van der Waals surface area contributed by atoms with Gasteiger partial charge in [-0.25, -0.2) is 4.39 Å². The maximum atomic E-state index is 13.7. The molecular weight excluding hydrogens is 264 g/mol. The number of nitrogens with one attached hydrogen (secondary N) is 1. The van der Waals surface area contributed by atoms with Gasteiger partial charge in [0.2, 0.25) is 5.82 Å². The van der Waals surface area contributed by atoms with Crippen molar-refractivity contribution in [3.63, 3.8) is 0 Å². The largest absolute Gasteiger partial charge is 0.363 e. The maximum absolute atomic E-state index is 13.7. The number of halogens is 2. The molecule has 2 rings (SSSR count). The number of carbonyl (C=O) groups is 1. The van der Waals surface area contributed by atoms with Crippen LogP contribution in [0, 0.1) is 21.7 Å². The Morgan fingerprint density at radius 1 is 1.37 bits per heavy atom. The van der Waals surface area contributed by atoms with Gasteiger partial charge in [0, 0.05) is 12.1 Å². The maximum Gasteiger partial charge on any atom is 0.305 e. The zero-order chi connectivity index (χ0) is 14.0. The van der Waals surface area contributed by atoms with Gasteiger partial charge in [0.15, 0.2) is 5.82 Å². The Kier molecular flexibility index (Phi) is 3.19. The molecule has 0 aliphatic carbocycles. The highest BCUT2D eigenvalue weighted by Crippen LogP contribution is 2.23. The summed E-state index contributed by atoms with van der Waals surface area (Å²) < 4.78 is 31.5. The molecule has 0 spiro atoms. The van der Waals surface area contributed by atoms with E-state index in [9.17, 15) is 23.7 Å². The molecular formula is C10H5F2N3O4. The molecule has 1 heterocycles. The van der Waals surface area contributed by atoms with Crippen LogP contribution in [-0.2, 0) is 0 Å². The first kappa shape index (κ1) is 12.6. The van der Waals surface area contributed by atoms with Crippen molar-refractivity contribution in [2.45, 2.75) is 0 Å². The first-order valence-electron chi connectivity index (χ1n) is 4.85. The number of nitrogens with zero attached hydrogens (tertiary/aromatic N) is 2. The van der Waals surface area contributed by atoms with Crippen LogP contribution >= 0.6 is 0 Å². The van der Waals surface area contributed by atoms with Gasteiger partial charge >= 0.3 is 5.69 Å². The summed E-state index contributed by atoms with van der Waals surface area (Å²) in [6.07, 6.45) is 1.13. The number of hydrogen-bond donors (Lipinski definition) is 1. The van der Waals surface area contributed by atoms with Crippen LogP contribution in [0.2, 0.25) is 0 Å². The topological polar surface area (TPSA) is 98.3 Å². The SMILES string of the molecule is O=C(Nc1ccon1)c1c(F)ccc([N+](=O)[O-])c1F. The minimum absolute atomic E-state index is 0.0738. The van der Waals surface area contributed by atoms with E-state index < -0.39 is 33.7 Å². The Hall–Kier alpha value is -2.84. The van der Waals surface area contributed by atoms with Gasteiger partial charge in [-0.15, -0.1) is 0 Å². The normalized spacial score (nSPS) is 10.2. The molecule has 0 unspecified atom stereocenters. The van der Waals surface area contributed by atoms with E-state index in [2.05, 4.69) is 9.68 Å². The number of aromatic nitrogens is 1. The molecule has 0 aliphatic heterocycles. The van der Waals surface area contributed by atoms with E-state index in [0.717, 1.165) is 6.26 Å². The quantitative estimate of drug-likeness (QED) is 0.679. The van der Waals surface area contributed by atoms with E-state index in [0.29, 0.717) is 12.1 Å². The number of nitro benzene ring substituents is 1. The molecule has 98 valence electrons. The standard InChI is InChI=1S/C10H5F2N3O4/c11-5-1-2-6(15(17)18)9(12)8(5)10(16)13-7-3-4-19-14-7/h1-4H,(H,13,14,16). The summed E-state index contributed by atoms with van der Waals surface area (Å²) in [4.78, 5) is 21.1. The molecule has 19 heavy (non-hydrogen) atoms. The van der Waals surface area contributed by atoms with Crippen molar-refractivity contribution in [3.8, 4) is 0 Å². The number of nitro groups is 1. The molecule has 0 saturated heterocycles. The third-order valence-corrected chi connectivity index (χ3v) is 2.17. The molecule has 0 aliphatic rings. The number of carbonyl (C=O) groups excluding carboxylic acids is 1. The molecule has 0 bridgehead atoms. The highest BCUT2D eigenvalue weighted by Gasteiger charge is 2.26. The second kappa shape index (κ2) is 4.80. The van der Waals surface area contributed by atoms with Gasteiger partial charge in [-0.3, -0.25) is 14.9 Å². The van der Waals surface area contributed by atoms with E-state index in [-0.39, 0.29) is 5.82 Å². The summed E-state index contributed by atoms with van der Waals surface area (Å²) in [5, 5.41) is 15.9. The predicted octanol–water partition coefficient (Wildman–Crippen LogP) is 2.11. The lowest BCUT2D eigenvalue weighted by atomic mass is 10.1. The summed E-state index contributed by atoms with van der Waals surface area (Å²) >= 11 is 0. The van der Waals surface area contributed by atoms with Crippen LogP contribution in [0.15, 0.2) is 29.0 Å². The predicted molar refractivity (Wildman–Crippen MR) is 57.5 cm³/mol. The molecule has 0 atom stereocenters. The van der Waals surface area contributed by atoms with Gasteiger partial charge in [0.1, 0.15) is 17.6 Å². The van der Waals surface area contributed by atoms with Crippen molar-refractivity contribution in [1.82, 2.24) is 5.16 Å². The van der Waals surface area contributed by atoms with Gasteiger partial charge in [-0.1, -0.05) is 5.16 Å². The molecule has 1 N–H and O–H groups in total. The van der Waals surface area contributed by atoms with Gasteiger partial charge in [0.05, 0.1) is 4.92 Å². The van der Waals surface area contributed by atoms with E-state index in [1.54, 1.807) is 0 Å². The summed E-state index contributed by atoms with van der Waals surface area (Å²) in [6.45, 7) is 0. The average Bonchev–Trinajstić information content (AvgIpc) is 2.81.